The summed E-state index contributed by atoms with van der Waals surface area (Å²) in [6.07, 6.45) is 0. The Labute approximate surface area is 123 Å². The summed E-state index contributed by atoms with van der Waals surface area (Å²) in [6, 6.07) is 7.17. The van der Waals surface area contributed by atoms with E-state index in [4.69, 9.17) is 5.11 Å². The number of aliphatic hydroxyl groups excluding tert-OH is 1. The molecule has 0 amide bonds. The highest BCUT2D eigenvalue weighted by Crippen LogP contribution is 2.34. The first kappa shape index (κ1) is 15.4. The number of hydrogen-bond donors (Lipinski definition) is 2. The smallest absolute Gasteiger partial charge is 0.242 e. The van der Waals surface area contributed by atoms with E-state index in [1.54, 1.807) is 6.92 Å². The average molecular weight is 313 g/mol. The van der Waals surface area contributed by atoms with Crippen molar-refractivity contribution in [1.82, 2.24) is 4.72 Å². The van der Waals surface area contributed by atoms with Crippen LogP contribution >= 0.6 is 11.3 Å². The van der Waals surface area contributed by atoms with Gasteiger partial charge < -0.3 is 5.11 Å². The molecule has 0 spiro atoms. The molecule has 1 aromatic carbocycles. The number of aliphatic hydroxyl groups is 1. The van der Waals surface area contributed by atoms with Crippen LogP contribution in [-0.2, 0) is 10.0 Å². The Hall–Kier alpha value is -0.950. The number of hydrogen-bond acceptors (Lipinski definition) is 4. The predicted octanol–water partition coefficient (Wildman–Crippen LogP) is 2.50. The van der Waals surface area contributed by atoms with Gasteiger partial charge in [0.1, 0.15) is 4.90 Å². The van der Waals surface area contributed by atoms with Gasteiger partial charge in [0.25, 0.3) is 0 Å². The molecule has 0 aliphatic carbocycles. The molecule has 4 nitrogen and oxygen atoms in total. The van der Waals surface area contributed by atoms with E-state index in [0.29, 0.717) is 4.90 Å². The molecule has 2 N–H and O–H groups in total. The second-order valence-corrected chi connectivity index (χ2v) is 7.96. The minimum absolute atomic E-state index is 0.0486. The van der Waals surface area contributed by atoms with Crippen molar-refractivity contribution < 1.29 is 13.5 Å². The van der Waals surface area contributed by atoms with Gasteiger partial charge in [0.05, 0.1) is 0 Å². The van der Waals surface area contributed by atoms with Crippen molar-refractivity contribution in [3.63, 3.8) is 0 Å². The Kier molecular flexibility index (Phi) is 4.49. The molecule has 6 heteroatoms. The van der Waals surface area contributed by atoms with Gasteiger partial charge in [-0.3, -0.25) is 0 Å². The lowest BCUT2D eigenvalue weighted by molar-refractivity contribution is 0.216. The van der Waals surface area contributed by atoms with Gasteiger partial charge in [-0.25, -0.2) is 13.1 Å². The van der Waals surface area contributed by atoms with E-state index < -0.39 is 10.0 Å². The van der Waals surface area contributed by atoms with E-state index in [9.17, 15) is 8.42 Å². The van der Waals surface area contributed by atoms with Crippen LogP contribution in [0.1, 0.15) is 18.7 Å². The molecule has 1 heterocycles. The van der Waals surface area contributed by atoms with Crippen LogP contribution in [0.3, 0.4) is 0 Å². The Morgan fingerprint density at radius 2 is 1.95 bits per heavy atom. The summed E-state index contributed by atoms with van der Waals surface area (Å²) in [7, 11) is -3.58. The summed E-state index contributed by atoms with van der Waals surface area (Å²) < 4.78 is 28.8. The first-order chi connectivity index (χ1) is 9.36. The normalized spacial score (nSPS) is 15.4. The van der Waals surface area contributed by atoms with Crippen LogP contribution in [0, 0.1) is 12.8 Å². The highest BCUT2D eigenvalue weighted by molar-refractivity contribution is 7.90. The minimum atomic E-state index is -3.58. The third-order valence-corrected chi connectivity index (χ3v) is 6.43. The number of benzene rings is 1. The van der Waals surface area contributed by atoms with Gasteiger partial charge in [-0.2, -0.15) is 0 Å². The van der Waals surface area contributed by atoms with E-state index in [0.717, 1.165) is 15.0 Å². The van der Waals surface area contributed by atoms with E-state index >= 15 is 0 Å². The molecule has 2 rings (SSSR count). The second kappa shape index (κ2) is 5.81. The number of aryl methyl sites for hydroxylation is 1. The number of thiophene rings is 1. The first-order valence-corrected chi connectivity index (χ1v) is 8.78. The molecule has 0 saturated heterocycles. The van der Waals surface area contributed by atoms with Crippen molar-refractivity contribution in [2.24, 2.45) is 5.92 Å². The summed E-state index contributed by atoms with van der Waals surface area (Å²) in [5.74, 6) is -0.130. The molecule has 0 fully saturated rings. The lowest BCUT2D eigenvalue weighted by Crippen LogP contribution is -2.38. The number of fused-ring (bicyclic) bond motifs is 1. The van der Waals surface area contributed by atoms with Crippen molar-refractivity contribution in [2.45, 2.75) is 31.7 Å². The van der Waals surface area contributed by atoms with Crippen LogP contribution in [0.25, 0.3) is 10.1 Å². The Morgan fingerprint density at radius 3 is 2.60 bits per heavy atom. The predicted molar refractivity (Wildman–Crippen MR) is 82.6 cm³/mol. The Bertz CT molecular complexity index is 706. The molecule has 110 valence electrons. The van der Waals surface area contributed by atoms with Crippen LogP contribution in [-0.4, -0.2) is 26.2 Å². The number of sulfonamides is 1. The maximum Gasteiger partial charge on any atom is 0.242 e. The number of rotatable bonds is 5. The molecule has 2 aromatic rings. The molecule has 2 atom stereocenters. The van der Waals surface area contributed by atoms with Gasteiger partial charge >= 0.3 is 0 Å². The molecular weight excluding hydrogens is 294 g/mol. The average Bonchev–Trinajstić information content (AvgIpc) is 2.73. The zero-order valence-electron chi connectivity index (χ0n) is 11.8. The summed E-state index contributed by atoms with van der Waals surface area (Å²) in [5, 5.41) is 9.88. The van der Waals surface area contributed by atoms with Crippen LogP contribution in [0.5, 0.6) is 0 Å². The highest BCUT2D eigenvalue weighted by Gasteiger charge is 2.25. The quantitative estimate of drug-likeness (QED) is 0.891. The fourth-order valence-corrected chi connectivity index (χ4v) is 5.22. The SMILES string of the molecule is Cc1sc2ccccc2c1S(=O)(=O)NC(C)C(C)CO. The lowest BCUT2D eigenvalue weighted by Gasteiger charge is -2.19. The molecule has 0 saturated carbocycles. The van der Waals surface area contributed by atoms with Gasteiger partial charge in [0, 0.05) is 27.6 Å². The van der Waals surface area contributed by atoms with Crippen molar-refractivity contribution in [3.05, 3.63) is 29.1 Å². The maximum atomic E-state index is 12.6. The van der Waals surface area contributed by atoms with Crippen LogP contribution in [0.4, 0.5) is 0 Å². The Morgan fingerprint density at radius 1 is 1.30 bits per heavy atom. The summed E-state index contributed by atoms with van der Waals surface area (Å²) in [5.41, 5.74) is 0. The largest absolute Gasteiger partial charge is 0.396 e. The monoisotopic (exact) mass is 313 g/mol. The molecule has 2 unspecified atom stereocenters. The third-order valence-electron chi connectivity index (χ3n) is 3.47. The lowest BCUT2D eigenvalue weighted by atomic mass is 10.1. The van der Waals surface area contributed by atoms with Crippen molar-refractivity contribution >= 4 is 31.4 Å². The van der Waals surface area contributed by atoms with Gasteiger partial charge in [0.2, 0.25) is 10.0 Å². The van der Waals surface area contributed by atoms with Gasteiger partial charge in [-0.15, -0.1) is 11.3 Å². The summed E-state index contributed by atoms with van der Waals surface area (Å²) >= 11 is 1.48. The van der Waals surface area contributed by atoms with Crippen LogP contribution < -0.4 is 4.72 Å². The molecular formula is C14H19NO3S2. The van der Waals surface area contributed by atoms with Gasteiger partial charge in [-0.05, 0) is 25.8 Å². The molecule has 0 radical (unpaired) electrons. The van der Waals surface area contributed by atoms with Crippen molar-refractivity contribution in [1.29, 1.82) is 0 Å². The van der Waals surface area contributed by atoms with Crippen LogP contribution in [0.15, 0.2) is 29.2 Å². The fraction of sp³-hybridized carbons (Fsp3) is 0.429. The fourth-order valence-electron chi connectivity index (χ4n) is 2.06. The number of nitrogens with one attached hydrogen (secondary N) is 1. The topological polar surface area (TPSA) is 66.4 Å². The highest BCUT2D eigenvalue weighted by atomic mass is 32.2. The molecule has 1 aromatic heterocycles. The molecule has 0 aliphatic heterocycles. The second-order valence-electron chi connectivity index (χ2n) is 5.05. The van der Waals surface area contributed by atoms with E-state index in [1.165, 1.54) is 11.3 Å². The molecule has 0 aliphatic rings. The summed E-state index contributed by atoms with van der Waals surface area (Å²) in [6.45, 7) is 5.35. The van der Waals surface area contributed by atoms with Gasteiger partial charge in [0.15, 0.2) is 0 Å². The maximum absolute atomic E-state index is 12.6. The molecule has 20 heavy (non-hydrogen) atoms. The summed E-state index contributed by atoms with van der Waals surface area (Å²) in [4.78, 5) is 1.14. The van der Waals surface area contributed by atoms with Gasteiger partial charge in [-0.1, -0.05) is 25.1 Å². The third kappa shape index (κ3) is 2.88. The van der Waals surface area contributed by atoms with E-state index in [1.807, 2.05) is 38.1 Å². The Balaban J connectivity index is 2.44. The van der Waals surface area contributed by atoms with Crippen molar-refractivity contribution in [2.75, 3.05) is 6.61 Å². The van der Waals surface area contributed by atoms with Crippen LogP contribution in [0.2, 0.25) is 0 Å². The first-order valence-electron chi connectivity index (χ1n) is 6.48. The van der Waals surface area contributed by atoms with E-state index in [2.05, 4.69) is 4.72 Å². The van der Waals surface area contributed by atoms with Crippen molar-refractivity contribution in [3.8, 4) is 0 Å². The molecule has 0 bridgehead atoms. The standard InChI is InChI=1S/C14H19NO3S2/c1-9(8-16)10(2)15-20(17,18)14-11(3)19-13-7-5-4-6-12(13)14/h4-7,9-10,15-16H,8H2,1-3H3. The van der Waals surface area contributed by atoms with E-state index in [-0.39, 0.29) is 18.6 Å². The zero-order chi connectivity index (χ0) is 14.9. The zero-order valence-corrected chi connectivity index (χ0v) is 13.4. The minimum Gasteiger partial charge on any atom is -0.396 e.